The third-order valence-electron chi connectivity index (χ3n) is 5.04. The molecule has 1 aliphatic heterocycles. The summed E-state index contributed by atoms with van der Waals surface area (Å²) >= 11 is 3.13. The number of nitrogens with zero attached hydrogens (tertiary/aromatic N) is 3. The second-order valence-electron chi connectivity index (χ2n) is 6.83. The fraction of sp³-hybridized carbons (Fsp3) is 0.333. The number of carbonyl (C=O) groups is 1. The SMILES string of the molecule is CSc1ncc(C(=O)NCC(c2cccs2)N2CCOCC2)n1-c1ccc(F)cc1. The molecule has 1 aromatic carbocycles. The summed E-state index contributed by atoms with van der Waals surface area (Å²) in [7, 11) is 0. The summed E-state index contributed by atoms with van der Waals surface area (Å²) in [6, 6.07) is 10.3. The first kappa shape index (κ1) is 21.0. The first-order valence-corrected chi connectivity index (χ1v) is 11.8. The third-order valence-corrected chi connectivity index (χ3v) is 6.67. The number of thiophene rings is 1. The van der Waals surface area contributed by atoms with E-state index in [9.17, 15) is 9.18 Å². The van der Waals surface area contributed by atoms with E-state index in [-0.39, 0.29) is 17.8 Å². The molecule has 0 saturated carbocycles. The molecule has 30 heavy (non-hydrogen) atoms. The van der Waals surface area contributed by atoms with Crippen molar-refractivity contribution in [1.29, 1.82) is 0 Å². The van der Waals surface area contributed by atoms with Crippen LogP contribution in [0.3, 0.4) is 0 Å². The van der Waals surface area contributed by atoms with Gasteiger partial charge in [-0.3, -0.25) is 14.3 Å². The molecule has 0 bridgehead atoms. The predicted octanol–water partition coefficient (Wildman–Crippen LogP) is 3.60. The van der Waals surface area contributed by atoms with E-state index in [1.807, 2.05) is 12.3 Å². The Hall–Kier alpha value is -2.20. The Labute approximate surface area is 183 Å². The van der Waals surface area contributed by atoms with Gasteiger partial charge in [-0.2, -0.15) is 0 Å². The fourth-order valence-corrected chi connectivity index (χ4v) is 4.94. The number of halogens is 1. The number of amides is 1. The number of carbonyl (C=O) groups excluding carboxylic acids is 1. The summed E-state index contributed by atoms with van der Waals surface area (Å²) in [6.45, 7) is 3.56. The lowest BCUT2D eigenvalue weighted by Crippen LogP contribution is -2.43. The Morgan fingerprint density at radius 1 is 1.30 bits per heavy atom. The van der Waals surface area contributed by atoms with Gasteiger partial charge in [0.25, 0.3) is 5.91 Å². The van der Waals surface area contributed by atoms with Crippen LogP contribution in [0.4, 0.5) is 4.39 Å². The van der Waals surface area contributed by atoms with Gasteiger partial charge in [0.2, 0.25) is 0 Å². The second kappa shape index (κ2) is 9.74. The van der Waals surface area contributed by atoms with Gasteiger partial charge in [0.1, 0.15) is 11.5 Å². The van der Waals surface area contributed by atoms with Gasteiger partial charge < -0.3 is 10.1 Å². The maximum atomic E-state index is 13.4. The molecule has 1 amide bonds. The van der Waals surface area contributed by atoms with E-state index >= 15 is 0 Å². The number of rotatable bonds is 7. The number of thioether (sulfide) groups is 1. The highest BCUT2D eigenvalue weighted by atomic mass is 32.2. The first-order chi connectivity index (χ1) is 14.7. The van der Waals surface area contributed by atoms with Crippen molar-refractivity contribution in [2.24, 2.45) is 0 Å². The highest BCUT2D eigenvalue weighted by molar-refractivity contribution is 7.98. The van der Waals surface area contributed by atoms with Gasteiger partial charge in [-0.05, 0) is 42.0 Å². The van der Waals surface area contributed by atoms with E-state index in [2.05, 4.69) is 26.6 Å². The van der Waals surface area contributed by atoms with E-state index in [0.29, 0.717) is 36.3 Å². The average molecular weight is 447 g/mol. The van der Waals surface area contributed by atoms with E-state index in [4.69, 9.17) is 4.74 Å². The largest absolute Gasteiger partial charge is 0.379 e. The number of nitrogens with one attached hydrogen (secondary N) is 1. The van der Waals surface area contributed by atoms with Gasteiger partial charge in [0, 0.05) is 30.2 Å². The van der Waals surface area contributed by atoms with Crippen molar-refractivity contribution in [2.75, 3.05) is 39.1 Å². The standard InChI is InChI=1S/C21H23FN4O2S2/c1-29-21-24-14-18(26(21)16-6-4-15(22)5-7-16)20(27)23-13-17(19-3-2-12-30-19)25-8-10-28-11-9-25/h2-7,12,14,17H,8-11,13H2,1H3,(H,23,27). The smallest absolute Gasteiger partial charge is 0.270 e. The van der Waals surface area contributed by atoms with Gasteiger partial charge >= 0.3 is 0 Å². The van der Waals surface area contributed by atoms with Crippen LogP contribution in [0, 0.1) is 5.82 Å². The normalized spacial score (nSPS) is 15.8. The minimum atomic E-state index is -0.320. The molecule has 1 unspecified atom stereocenters. The minimum absolute atomic E-state index is 0.0973. The molecular weight excluding hydrogens is 423 g/mol. The zero-order chi connectivity index (χ0) is 20.9. The van der Waals surface area contributed by atoms with Crippen molar-refractivity contribution < 1.29 is 13.9 Å². The molecule has 158 valence electrons. The third kappa shape index (κ3) is 4.59. The number of benzene rings is 1. The van der Waals surface area contributed by atoms with Gasteiger partial charge in [0.15, 0.2) is 5.16 Å². The first-order valence-electron chi connectivity index (χ1n) is 9.68. The fourth-order valence-electron chi connectivity index (χ4n) is 3.54. The van der Waals surface area contributed by atoms with E-state index in [1.165, 1.54) is 28.8 Å². The van der Waals surface area contributed by atoms with Crippen LogP contribution < -0.4 is 5.32 Å². The molecule has 1 N–H and O–H groups in total. The zero-order valence-corrected chi connectivity index (χ0v) is 18.2. The minimum Gasteiger partial charge on any atom is -0.379 e. The van der Waals surface area contributed by atoms with Crippen LogP contribution in [0.1, 0.15) is 21.4 Å². The van der Waals surface area contributed by atoms with Crippen LogP contribution in [0.2, 0.25) is 0 Å². The van der Waals surface area contributed by atoms with Crippen molar-refractivity contribution in [3.63, 3.8) is 0 Å². The Morgan fingerprint density at radius 2 is 2.07 bits per heavy atom. The van der Waals surface area contributed by atoms with Crippen LogP contribution >= 0.6 is 23.1 Å². The van der Waals surface area contributed by atoms with Crippen molar-refractivity contribution >= 4 is 29.0 Å². The maximum Gasteiger partial charge on any atom is 0.270 e. The Kier molecular flexibility index (Phi) is 6.83. The molecule has 4 rings (SSSR count). The molecule has 9 heteroatoms. The summed E-state index contributed by atoms with van der Waals surface area (Å²) in [4.78, 5) is 21.0. The number of ether oxygens (including phenoxy) is 1. The lowest BCUT2D eigenvalue weighted by Gasteiger charge is -2.34. The Bertz CT molecular complexity index is 970. The van der Waals surface area contributed by atoms with Crippen LogP contribution in [-0.2, 0) is 4.74 Å². The average Bonchev–Trinajstić information content (AvgIpc) is 3.45. The summed E-state index contributed by atoms with van der Waals surface area (Å²) < 4.78 is 20.6. The van der Waals surface area contributed by atoms with E-state index in [0.717, 1.165) is 13.1 Å². The van der Waals surface area contributed by atoms with Crippen molar-refractivity contribution in [3.8, 4) is 5.69 Å². The molecule has 0 spiro atoms. The molecule has 3 aromatic rings. The van der Waals surface area contributed by atoms with Gasteiger partial charge in [-0.15, -0.1) is 11.3 Å². The molecule has 1 atom stereocenters. The monoisotopic (exact) mass is 446 g/mol. The molecule has 0 aliphatic carbocycles. The van der Waals surface area contributed by atoms with Crippen molar-refractivity contribution in [2.45, 2.75) is 11.2 Å². The van der Waals surface area contributed by atoms with Gasteiger partial charge in [-0.1, -0.05) is 17.8 Å². The van der Waals surface area contributed by atoms with E-state index in [1.54, 1.807) is 34.2 Å². The van der Waals surface area contributed by atoms with Crippen LogP contribution in [0.25, 0.3) is 5.69 Å². The molecule has 6 nitrogen and oxygen atoms in total. The molecule has 1 fully saturated rings. The highest BCUT2D eigenvalue weighted by Crippen LogP contribution is 2.26. The molecular formula is C21H23FN4O2S2. The lowest BCUT2D eigenvalue weighted by molar-refractivity contribution is 0.0169. The summed E-state index contributed by atoms with van der Waals surface area (Å²) in [6.07, 6.45) is 3.47. The van der Waals surface area contributed by atoms with Gasteiger partial charge in [-0.25, -0.2) is 9.37 Å². The number of hydrogen-bond acceptors (Lipinski definition) is 6. The number of aromatic nitrogens is 2. The predicted molar refractivity (Wildman–Crippen MR) is 117 cm³/mol. The topological polar surface area (TPSA) is 59.4 Å². The summed E-state index contributed by atoms with van der Waals surface area (Å²) in [5.41, 5.74) is 1.13. The highest BCUT2D eigenvalue weighted by Gasteiger charge is 2.25. The number of morpholine rings is 1. The number of hydrogen-bond donors (Lipinski definition) is 1. The Balaban J connectivity index is 1.54. The summed E-state index contributed by atoms with van der Waals surface area (Å²) in [5, 5.41) is 5.81. The summed E-state index contributed by atoms with van der Waals surface area (Å²) in [5.74, 6) is -0.526. The Morgan fingerprint density at radius 3 is 2.73 bits per heavy atom. The van der Waals surface area contributed by atoms with Crippen molar-refractivity contribution in [3.05, 3.63) is 64.4 Å². The lowest BCUT2D eigenvalue weighted by atomic mass is 10.2. The van der Waals surface area contributed by atoms with Crippen molar-refractivity contribution in [1.82, 2.24) is 19.8 Å². The second-order valence-corrected chi connectivity index (χ2v) is 8.58. The molecule has 2 aromatic heterocycles. The molecule has 1 saturated heterocycles. The van der Waals surface area contributed by atoms with Crippen LogP contribution in [-0.4, -0.2) is 59.5 Å². The van der Waals surface area contributed by atoms with Gasteiger partial charge in [0.05, 0.1) is 25.5 Å². The molecule has 3 heterocycles. The number of imidazole rings is 1. The quantitative estimate of drug-likeness (QED) is 0.562. The van der Waals surface area contributed by atoms with E-state index < -0.39 is 0 Å². The van der Waals surface area contributed by atoms with Crippen LogP contribution in [0.15, 0.2) is 53.1 Å². The molecule has 0 radical (unpaired) electrons. The van der Waals surface area contributed by atoms with Crippen LogP contribution in [0.5, 0.6) is 0 Å². The zero-order valence-electron chi connectivity index (χ0n) is 16.6. The maximum absolute atomic E-state index is 13.4. The molecule has 1 aliphatic rings.